The van der Waals surface area contributed by atoms with Gasteiger partial charge in [0.05, 0.1) is 30.1 Å². The van der Waals surface area contributed by atoms with Crippen LogP contribution in [-0.2, 0) is 7.05 Å². The number of piperidine rings is 1. The van der Waals surface area contributed by atoms with E-state index in [1.165, 1.54) is 12.8 Å². The van der Waals surface area contributed by atoms with Crippen molar-refractivity contribution in [2.75, 3.05) is 22.1 Å². The molecule has 7 rings (SSSR count). The second-order valence-corrected chi connectivity index (χ2v) is 11.0. The van der Waals surface area contributed by atoms with Crippen LogP contribution in [0.15, 0.2) is 29.2 Å². The molecular weight excluding hydrogens is 480 g/mol. The molecule has 36 heavy (non-hydrogen) atoms. The quantitative estimate of drug-likeness (QED) is 0.489. The number of ether oxygens (including phenoxy) is 1. The van der Waals surface area contributed by atoms with E-state index in [-0.39, 0.29) is 23.7 Å². The number of hydrogen-bond acceptors (Lipinski definition) is 8. The topological polar surface area (TPSA) is 105 Å². The van der Waals surface area contributed by atoms with Gasteiger partial charge in [-0.15, -0.1) is 0 Å². The number of anilines is 4. The largest absolute Gasteiger partial charge is 0.486 e. The van der Waals surface area contributed by atoms with E-state index in [2.05, 4.69) is 20.5 Å². The van der Waals surface area contributed by atoms with Crippen LogP contribution in [0.4, 0.5) is 23.1 Å². The molecule has 2 saturated heterocycles. The van der Waals surface area contributed by atoms with E-state index in [0.717, 1.165) is 48.0 Å². The zero-order valence-corrected chi connectivity index (χ0v) is 20.8. The van der Waals surface area contributed by atoms with Crippen LogP contribution in [0.1, 0.15) is 38.5 Å². The molecule has 0 spiro atoms. The predicted octanol–water partition coefficient (Wildman–Crippen LogP) is 3.80. The molecule has 1 aromatic carbocycles. The molecule has 1 saturated carbocycles. The average Bonchev–Trinajstić information content (AvgIpc) is 3.71. The molecule has 3 aliphatic heterocycles. The monoisotopic (exact) mass is 508 g/mol. The number of nitrogens with zero attached hydrogens (tertiary/aromatic N) is 4. The van der Waals surface area contributed by atoms with Gasteiger partial charge in [-0.3, -0.25) is 4.79 Å². The Kier molecular flexibility index (Phi) is 5.08. The normalized spacial score (nSPS) is 26.9. The lowest BCUT2D eigenvalue weighted by Crippen LogP contribution is -2.62. The van der Waals surface area contributed by atoms with Crippen molar-refractivity contribution in [3.05, 3.63) is 39.8 Å². The first-order valence-electron chi connectivity index (χ1n) is 12.8. The number of aromatic nitrogens is 3. The standard InChI is InChI=1S/C26H29ClN6O3/c1-32-21-5-4-14(8-18(21)22-23(25(32)35)36-7-6-20(30-22)13-2-3-13)29-24-19(27)12-28-26(31-24)33-15-9-16(33)11-17(34)10-15/h4-5,8,12-13,15-17,20,30,34H,2-3,6-7,9-11H2,1H3,(H,28,29,31)/t15?,16?,17?,20-/m1/s1. The highest BCUT2D eigenvalue weighted by atomic mass is 35.5. The highest BCUT2D eigenvalue weighted by Gasteiger charge is 2.46. The Balaban J connectivity index is 1.25. The summed E-state index contributed by atoms with van der Waals surface area (Å²) >= 11 is 6.49. The van der Waals surface area contributed by atoms with E-state index in [0.29, 0.717) is 41.1 Å². The van der Waals surface area contributed by atoms with Gasteiger partial charge in [0, 0.05) is 42.7 Å². The summed E-state index contributed by atoms with van der Waals surface area (Å²) in [6, 6.07) is 6.75. The van der Waals surface area contributed by atoms with E-state index in [9.17, 15) is 9.90 Å². The predicted molar refractivity (Wildman–Crippen MR) is 140 cm³/mol. The summed E-state index contributed by atoms with van der Waals surface area (Å²) in [4.78, 5) is 24.5. The minimum Gasteiger partial charge on any atom is -0.486 e. The molecule has 4 aliphatic rings. The number of aliphatic hydroxyl groups is 1. The third kappa shape index (κ3) is 3.59. The Morgan fingerprint density at radius 2 is 2.00 bits per heavy atom. The SMILES string of the molecule is Cn1c(=O)c2c(c3cc(Nc4nc(N5C6CC(O)CC5C6)ncc4Cl)ccc31)N[C@@H](C1CC1)CCO2. The molecule has 3 atom stereocenters. The van der Waals surface area contributed by atoms with Crippen molar-refractivity contribution < 1.29 is 9.84 Å². The summed E-state index contributed by atoms with van der Waals surface area (Å²) in [5, 5.41) is 18.4. The first-order valence-corrected chi connectivity index (χ1v) is 13.2. The number of aliphatic hydroxyl groups excluding tert-OH is 1. The average molecular weight is 509 g/mol. The number of pyridine rings is 1. The lowest BCUT2D eigenvalue weighted by Gasteiger charge is -2.54. The van der Waals surface area contributed by atoms with Crippen LogP contribution in [0.3, 0.4) is 0 Å². The minimum absolute atomic E-state index is 0.129. The number of nitrogens with one attached hydrogen (secondary N) is 2. The third-order valence-corrected chi connectivity index (χ3v) is 8.47. The Labute approximate surface area is 213 Å². The van der Waals surface area contributed by atoms with E-state index in [1.54, 1.807) is 17.8 Å². The van der Waals surface area contributed by atoms with Crippen LogP contribution < -0.4 is 25.8 Å². The molecular formula is C26H29ClN6O3. The van der Waals surface area contributed by atoms with Gasteiger partial charge in [0.25, 0.3) is 5.56 Å². The molecule has 3 aromatic rings. The van der Waals surface area contributed by atoms with Gasteiger partial charge in [0.2, 0.25) is 11.7 Å². The maximum Gasteiger partial charge on any atom is 0.295 e. The van der Waals surface area contributed by atoms with Crippen molar-refractivity contribution in [1.29, 1.82) is 0 Å². The molecule has 3 N–H and O–H groups in total. The van der Waals surface area contributed by atoms with E-state index in [1.807, 2.05) is 18.2 Å². The summed E-state index contributed by atoms with van der Waals surface area (Å²) in [6.07, 6.45) is 7.27. The van der Waals surface area contributed by atoms with Crippen LogP contribution in [-0.4, -0.2) is 50.5 Å². The molecule has 1 aliphatic carbocycles. The van der Waals surface area contributed by atoms with Crippen molar-refractivity contribution >= 4 is 45.6 Å². The molecule has 9 nitrogen and oxygen atoms in total. The molecule has 2 aromatic heterocycles. The fourth-order valence-corrected chi connectivity index (χ4v) is 6.29. The Hall–Kier alpha value is -3.04. The summed E-state index contributed by atoms with van der Waals surface area (Å²) in [5.41, 5.74) is 2.28. The Bertz CT molecular complexity index is 1410. The Morgan fingerprint density at radius 3 is 2.78 bits per heavy atom. The molecule has 188 valence electrons. The van der Waals surface area contributed by atoms with Crippen molar-refractivity contribution in [3.63, 3.8) is 0 Å². The summed E-state index contributed by atoms with van der Waals surface area (Å²) in [6.45, 7) is 0.536. The highest BCUT2D eigenvalue weighted by Crippen LogP contribution is 2.43. The van der Waals surface area contributed by atoms with Gasteiger partial charge in [-0.1, -0.05) is 11.6 Å². The van der Waals surface area contributed by atoms with Gasteiger partial charge in [0.1, 0.15) is 5.02 Å². The number of rotatable bonds is 4. The number of benzene rings is 1. The number of halogens is 1. The van der Waals surface area contributed by atoms with Gasteiger partial charge in [0.15, 0.2) is 5.82 Å². The highest BCUT2D eigenvalue weighted by molar-refractivity contribution is 6.33. The van der Waals surface area contributed by atoms with E-state index in [4.69, 9.17) is 21.3 Å². The first kappa shape index (κ1) is 22.2. The number of hydrogen-bond donors (Lipinski definition) is 3. The molecule has 0 amide bonds. The lowest BCUT2D eigenvalue weighted by atomic mass is 9.78. The second kappa shape index (κ2) is 8.24. The molecule has 2 unspecified atom stereocenters. The first-order chi connectivity index (χ1) is 17.5. The molecule has 2 bridgehead atoms. The molecule has 5 heterocycles. The zero-order valence-electron chi connectivity index (χ0n) is 20.1. The fraction of sp³-hybridized carbons (Fsp3) is 0.500. The van der Waals surface area contributed by atoms with E-state index < -0.39 is 0 Å². The summed E-state index contributed by atoms with van der Waals surface area (Å²) < 4.78 is 7.62. The van der Waals surface area contributed by atoms with Gasteiger partial charge in [-0.2, -0.15) is 4.98 Å². The fourth-order valence-electron chi connectivity index (χ4n) is 6.15. The number of aryl methyl sites for hydroxylation is 1. The van der Waals surface area contributed by atoms with Gasteiger partial charge in [-0.25, -0.2) is 4.98 Å². The van der Waals surface area contributed by atoms with Crippen LogP contribution >= 0.6 is 11.6 Å². The Morgan fingerprint density at radius 1 is 1.19 bits per heavy atom. The van der Waals surface area contributed by atoms with Gasteiger partial charge >= 0.3 is 0 Å². The lowest BCUT2D eigenvalue weighted by molar-refractivity contribution is 0.0634. The molecule has 0 radical (unpaired) electrons. The van der Waals surface area contributed by atoms with Crippen molar-refractivity contribution in [1.82, 2.24) is 14.5 Å². The second-order valence-electron chi connectivity index (χ2n) is 10.6. The summed E-state index contributed by atoms with van der Waals surface area (Å²) in [7, 11) is 1.78. The van der Waals surface area contributed by atoms with Crippen molar-refractivity contribution in [2.45, 2.75) is 62.8 Å². The summed E-state index contributed by atoms with van der Waals surface area (Å²) in [5.74, 6) is 2.19. The van der Waals surface area contributed by atoms with Crippen molar-refractivity contribution in [3.8, 4) is 5.75 Å². The maximum atomic E-state index is 13.1. The number of fused-ring (bicyclic) bond motifs is 5. The van der Waals surface area contributed by atoms with E-state index >= 15 is 0 Å². The molecule has 3 fully saturated rings. The smallest absolute Gasteiger partial charge is 0.295 e. The van der Waals surface area contributed by atoms with Crippen LogP contribution in [0, 0.1) is 5.92 Å². The molecule has 10 heteroatoms. The van der Waals surface area contributed by atoms with Crippen LogP contribution in [0.2, 0.25) is 5.02 Å². The third-order valence-electron chi connectivity index (χ3n) is 8.19. The van der Waals surface area contributed by atoms with Crippen molar-refractivity contribution in [2.24, 2.45) is 13.0 Å². The van der Waals surface area contributed by atoms with Gasteiger partial charge in [-0.05, 0) is 56.2 Å². The maximum absolute atomic E-state index is 13.1. The zero-order chi connectivity index (χ0) is 24.6. The van der Waals surface area contributed by atoms with Crippen LogP contribution in [0.25, 0.3) is 10.9 Å². The van der Waals surface area contributed by atoms with Gasteiger partial charge < -0.3 is 29.9 Å². The van der Waals surface area contributed by atoms with Crippen LogP contribution in [0.5, 0.6) is 5.75 Å². The minimum atomic E-state index is -0.240.